The first-order valence-corrected chi connectivity index (χ1v) is 21.2. The van der Waals surface area contributed by atoms with Crippen molar-refractivity contribution in [2.24, 2.45) is 5.73 Å². The molecule has 0 heterocycles. The number of ether oxygens (including phenoxy) is 2. The molecule has 0 aliphatic heterocycles. The number of carbonyl (C=O) groups is 3. The van der Waals surface area contributed by atoms with E-state index >= 15 is 0 Å². The van der Waals surface area contributed by atoms with Gasteiger partial charge in [0.2, 0.25) is 0 Å². The van der Waals surface area contributed by atoms with Gasteiger partial charge in [-0.15, -0.1) is 0 Å². The van der Waals surface area contributed by atoms with Gasteiger partial charge < -0.3 is 25.2 Å². The largest absolute Gasteiger partial charge is 0.480 e. The maximum atomic E-state index is 12.6. The number of carboxylic acid groups (broad SMARTS) is 1. The van der Waals surface area contributed by atoms with E-state index in [1.165, 1.54) is 96.3 Å². The molecule has 1 unspecified atom stereocenters. The number of phosphoric acid groups is 1. The Bertz CT molecular complexity index is 916. The minimum Gasteiger partial charge on any atom is -0.480 e. The molecule has 0 aromatic carbocycles. The summed E-state index contributed by atoms with van der Waals surface area (Å²) in [5.74, 6) is -2.38. The van der Waals surface area contributed by atoms with Crippen LogP contribution < -0.4 is 5.73 Å². The summed E-state index contributed by atoms with van der Waals surface area (Å²) in [6.07, 6.45) is 31.4. The van der Waals surface area contributed by atoms with Gasteiger partial charge in [-0.2, -0.15) is 0 Å². The molecule has 0 aliphatic carbocycles. The lowest BCUT2D eigenvalue weighted by molar-refractivity contribution is -0.161. The van der Waals surface area contributed by atoms with Crippen LogP contribution in [0.15, 0.2) is 12.2 Å². The van der Waals surface area contributed by atoms with Gasteiger partial charge in [0.05, 0.1) is 13.2 Å². The normalized spacial score (nSPS) is 14.0. The van der Waals surface area contributed by atoms with Gasteiger partial charge in [0.1, 0.15) is 12.6 Å². The topological polar surface area (TPSA) is 172 Å². The summed E-state index contributed by atoms with van der Waals surface area (Å²) in [6.45, 7) is 2.76. The van der Waals surface area contributed by atoms with Crippen molar-refractivity contribution in [2.75, 3.05) is 19.8 Å². The van der Waals surface area contributed by atoms with Crippen molar-refractivity contribution in [3.05, 3.63) is 12.2 Å². The third kappa shape index (κ3) is 33.4. The molecule has 0 bridgehead atoms. The quantitative estimate of drug-likeness (QED) is 0.0240. The third-order valence-electron chi connectivity index (χ3n) is 8.51. The van der Waals surface area contributed by atoms with E-state index in [2.05, 4.69) is 30.5 Å². The van der Waals surface area contributed by atoms with E-state index in [0.29, 0.717) is 12.8 Å². The van der Waals surface area contributed by atoms with Gasteiger partial charge in [-0.25, -0.2) is 4.57 Å². The Kier molecular flexibility index (Phi) is 33.1. The molecule has 0 saturated heterocycles. The number of rotatable bonds is 37. The first-order valence-electron chi connectivity index (χ1n) is 19.7. The van der Waals surface area contributed by atoms with Crippen molar-refractivity contribution in [1.29, 1.82) is 0 Å². The number of unbranched alkanes of at least 4 members (excludes halogenated alkanes) is 21. The maximum absolute atomic E-state index is 12.6. The van der Waals surface area contributed by atoms with Crippen molar-refractivity contribution in [1.82, 2.24) is 0 Å². The molecule has 50 heavy (non-hydrogen) atoms. The van der Waals surface area contributed by atoms with Gasteiger partial charge >= 0.3 is 25.7 Å². The van der Waals surface area contributed by atoms with Crippen LogP contribution in [-0.2, 0) is 37.5 Å². The summed E-state index contributed by atoms with van der Waals surface area (Å²) >= 11 is 0. The van der Waals surface area contributed by atoms with Crippen LogP contribution >= 0.6 is 7.82 Å². The molecule has 0 amide bonds. The first-order chi connectivity index (χ1) is 24.1. The first kappa shape index (κ1) is 48.2. The number of allylic oxidation sites excluding steroid dienone is 2. The number of carboxylic acids is 1. The molecule has 0 aliphatic rings. The van der Waals surface area contributed by atoms with Gasteiger partial charge in [0.25, 0.3) is 0 Å². The van der Waals surface area contributed by atoms with Crippen LogP contribution in [0.1, 0.15) is 181 Å². The van der Waals surface area contributed by atoms with Crippen LogP contribution in [0.2, 0.25) is 0 Å². The molecule has 0 fully saturated rings. The number of esters is 2. The summed E-state index contributed by atoms with van der Waals surface area (Å²) < 4.78 is 32.5. The van der Waals surface area contributed by atoms with Gasteiger partial charge in [-0.05, 0) is 38.5 Å². The van der Waals surface area contributed by atoms with Crippen LogP contribution in [0.5, 0.6) is 0 Å². The van der Waals surface area contributed by atoms with Gasteiger partial charge in [-0.1, -0.05) is 142 Å². The fourth-order valence-electron chi connectivity index (χ4n) is 5.35. The molecule has 12 heteroatoms. The standard InChI is InChI=1S/C38H72NO10P/c1-3-5-7-9-11-13-14-15-16-17-18-19-20-22-24-26-28-30-37(41)49-34(32-47-50(44,45)48-33-35(39)38(42)43)31-46-36(40)29-27-25-23-21-12-10-8-6-4-2/h15-16,34-35H,3-14,17-33,39H2,1-2H3,(H,42,43)(H,44,45)/b16-15+/t34-,35-/m0/s1. The fraction of sp³-hybridized carbons (Fsp3) is 0.868. The Morgan fingerprint density at radius 2 is 1.00 bits per heavy atom. The van der Waals surface area contributed by atoms with Crippen molar-refractivity contribution in [3.63, 3.8) is 0 Å². The second kappa shape index (κ2) is 34.3. The summed E-state index contributed by atoms with van der Waals surface area (Å²) in [4.78, 5) is 45.7. The molecule has 0 rings (SSSR count). The summed E-state index contributed by atoms with van der Waals surface area (Å²) in [6, 6.07) is -1.52. The van der Waals surface area contributed by atoms with Crippen LogP contribution in [0, 0.1) is 0 Å². The minimum absolute atomic E-state index is 0.160. The maximum Gasteiger partial charge on any atom is 0.472 e. The number of hydrogen-bond acceptors (Lipinski definition) is 9. The summed E-state index contributed by atoms with van der Waals surface area (Å²) in [5.41, 5.74) is 5.31. The van der Waals surface area contributed by atoms with Gasteiger partial charge in [0.15, 0.2) is 6.10 Å². The van der Waals surface area contributed by atoms with Crippen molar-refractivity contribution >= 4 is 25.7 Å². The zero-order valence-corrected chi connectivity index (χ0v) is 32.4. The lowest BCUT2D eigenvalue weighted by Gasteiger charge is -2.20. The van der Waals surface area contributed by atoms with Crippen molar-refractivity contribution in [2.45, 2.75) is 193 Å². The van der Waals surface area contributed by atoms with E-state index in [4.69, 9.17) is 24.8 Å². The minimum atomic E-state index is -4.70. The Hall–Kier alpha value is -1.78. The smallest absolute Gasteiger partial charge is 0.472 e. The molecule has 11 nitrogen and oxygen atoms in total. The second-order valence-corrected chi connectivity index (χ2v) is 14.9. The molecule has 294 valence electrons. The molecule has 0 aromatic heterocycles. The van der Waals surface area contributed by atoms with E-state index < -0.39 is 51.1 Å². The lowest BCUT2D eigenvalue weighted by atomic mass is 10.1. The SMILES string of the molecule is CCCCCCCC/C=C/CCCCCCCCCC(=O)O[C@@H](COC(=O)CCCCCCCCCCC)COP(=O)(O)OC[C@H](N)C(=O)O. The van der Waals surface area contributed by atoms with Crippen LogP contribution in [0.4, 0.5) is 0 Å². The highest BCUT2D eigenvalue weighted by Gasteiger charge is 2.28. The van der Waals surface area contributed by atoms with Gasteiger partial charge in [-0.3, -0.25) is 23.4 Å². The molecule has 0 saturated carbocycles. The number of aliphatic carboxylic acids is 1. The van der Waals surface area contributed by atoms with E-state index in [0.717, 1.165) is 44.9 Å². The zero-order valence-electron chi connectivity index (χ0n) is 31.5. The Balaban J connectivity index is 4.37. The molecule has 0 aromatic rings. The lowest BCUT2D eigenvalue weighted by Crippen LogP contribution is -2.34. The van der Waals surface area contributed by atoms with Crippen LogP contribution in [-0.4, -0.2) is 59.9 Å². The Morgan fingerprint density at radius 1 is 0.600 bits per heavy atom. The Labute approximate surface area is 303 Å². The van der Waals surface area contributed by atoms with E-state index in [-0.39, 0.29) is 19.4 Å². The Morgan fingerprint density at radius 3 is 1.46 bits per heavy atom. The van der Waals surface area contributed by atoms with E-state index in [1.54, 1.807) is 0 Å². The molecular weight excluding hydrogens is 661 g/mol. The zero-order chi connectivity index (χ0) is 37.1. The van der Waals surface area contributed by atoms with Crippen molar-refractivity contribution in [3.8, 4) is 0 Å². The number of phosphoric ester groups is 1. The molecule has 3 atom stereocenters. The van der Waals surface area contributed by atoms with E-state index in [1.807, 2.05) is 0 Å². The average Bonchev–Trinajstić information content (AvgIpc) is 3.09. The average molecular weight is 734 g/mol. The number of hydrogen-bond donors (Lipinski definition) is 3. The monoisotopic (exact) mass is 733 g/mol. The predicted octanol–water partition coefficient (Wildman–Crippen LogP) is 9.73. The highest BCUT2D eigenvalue weighted by Crippen LogP contribution is 2.43. The molecule has 4 N–H and O–H groups in total. The van der Waals surface area contributed by atoms with Crippen LogP contribution in [0.3, 0.4) is 0 Å². The third-order valence-corrected chi connectivity index (χ3v) is 9.46. The second-order valence-electron chi connectivity index (χ2n) is 13.4. The molecular formula is C38H72NO10P. The molecule has 0 radical (unpaired) electrons. The highest BCUT2D eigenvalue weighted by atomic mass is 31.2. The summed E-state index contributed by atoms with van der Waals surface area (Å²) in [7, 11) is -4.70. The van der Waals surface area contributed by atoms with E-state index in [9.17, 15) is 23.8 Å². The van der Waals surface area contributed by atoms with Gasteiger partial charge in [0, 0.05) is 12.8 Å². The molecule has 0 spiro atoms. The highest BCUT2D eigenvalue weighted by molar-refractivity contribution is 7.47. The predicted molar refractivity (Wildman–Crippen MR) is 199 cm³/mol. The number of carbonyl (C=O) groups excluding carboxylic acids is 2. The van der Waals surface area contributed by atoms with Crippen LogP contribution in [0.25, 0.3) is 0 Å². The van der Waals surface area contributed by atoms with Crippen molar-refractivity contribution < 1.29 is 47.5 Å². The summed E-state index contributed by atoms with van der Waals surface area (Å²) in [5, 5.41) is 8.85. The number of nitrogens with two attached hydrogens (primary N) is 1. The fourth-order valence-corrected chi connectivity index (χ4v) is 6.13.